The maximum absolute atomic E-state index is 9.51. The monoisotopic (exact) mass is 210 g/mol. The Balaban J connectivity index is 2.40. The fourth-order valence-corrected chi connectivity index (χ4v) is 2.17. The van der Waals surface area contributed by atoms with Gasteiger partial charge in [0.25, 0.3) is 0 Å². The molecule has 2 aromatic rings. The molecule has 0 heterocycles. The molecule has 0 saturated carbocycles. The van der Waals surface area contributed by atoms with Crippen LogP contribution < -0.4 is 5.84 Å². The molecule has 0 saturated heterocycles. The van der Waals surface area contributed by atoms with Crippen molar-refractivity contribution in [1.82, 2.24) is 0 Å². The fraction of sp³-hybridized carbons (Fsp3) is 0. The summed E-state index contributed by atoms with van der Waals surface area (Å²) in [6.45, 7) is 0. The van der Waals surface area contributed by atoms with Gasteiger partial charge in [-0.05, 0) is 29.3 Å². The largest absolute Gasteiger partial charge is 0.508 e. The summed E-state index contributed by atoms with van der Waals surface area (Å²) in [5.74, 6) is 5.68. The second kappa shape index (κ2) is 3.10. The quantitative estimate of drug-likeness (QED) is 0.441. The number of phenols is 1. The van der Waals surface area contributed by atoms with E-state index in [0.717, 1.165) is 28.0 Å². The summed E-state index contributed by atoms with van der Waals surface area (Å²) in [5, 5.41) is 13.3. The van der Waals surface area contributed by atoms with Gasteiger partial charge in [0.05, 0.1) is 5.71 Å². The number of rotatable bonds is 0. The van der Waals surface area contributed by atoms with Gasteiger partial charge < -0.3 is 10.9 Å². The lowest BCUT2D eigenvalue weighted by atomic mass is 10.1. The Kier molecular flexibility index (Phi) is 1.74. The van der Waals surface area contributed by atoms with Crippen LogP contribution in [0, 0.1) is 0 Å². The molecule has 0 unspecified atom stereocenters. The third-order valence-electron chi connectivity index (χ3n) is 2.86. The number of hydrogen-bond donors (Lipinski definition) is 2. The Labute approximate surface area is 92.8 Å². The van der Waals surface area contributed by atoms with Crippen LogP contribution in [0.5, 0.6) is 5.75 Å². The summed E-state index contributed by atoms with van der Waals surface area (Å²) in [4.78, 5) is 0. The highest BCUT2D eigenvalue weighted by Gasteiger charge is 2.24. The minimum atomic E-state index is 0.256. The molecule has 0 spiro atoms. The second-order valence-corrected chi connectivity index (χ2v) is 3.75. The van der Waals surface area contributed by atoms with Gasteiger partial charge in [-0.3, -0.25) is 0 Å². The van der Waals surface area contributed by atoms with Crippen molar-refractivity contribution in [3.8, 4) is 16.9 Å². The first kappa shape index (κ1) is 8.97. The highest BCUT2D eigenvalue weighted by molar-refractivity contribution is 6.24. The number of fused-ring (bicyclic) bond motifs is 3. The molecule has 3 rings (SSSR count). The van der Waals surface area contributed by atoms with Crippen LogP contribution in [-0.2, 0) is 0 Å². The normalized spacial score (nSPS) is 14.9. The van der Waals surface area contributed by atoms with Crippen LogP contribution in [0.3, 0.4) is 0 Å². The van der Waals surface area contributed by atoms with Gasteiger partial charge in [-0.1, -0.05) is 24.3 Å². The van der Waals surface area contributed by atoms with E-state index in [1.807, 2.05) is 30.3 Å². The zero-order valence-electron chi connectivity index (χ0n) is 8.51. The molecule has 0 aliphatic heterocycles. The van der Waals surface area contributed by atoms with Gasteiger partial charge in [0, 0.05) is 11.1 Å². The van der Waals surface area contributed by atoms with Gasteiger partial charge in [0.15, 0.2) is 0 Å². The maximum Gasteiger partial charge on any atom is 0.116 e. The summed E-state index contributed by atoms with van der Waals surface area (Å²) < 4.78 is 0. The molecule has 0 aromatic heterocycles. The van der Waals surface area contributed by atoms with Crippen molar-refractivity contribution in [1.29, 1.82) is 0 Å². The van der Waals surface area contributed by atoms with E-state index < -0.39 is 0 Å². The van der Waals surface area contributed by atoms with Crippen LogP contribution >= 0.6 is 0 Å². The molecule has 0 radical (unpaired) electrons. The average molecular weight is 210 g/mol. The third kappa shape index (κ3) is 1.05. The number of hydrazone groups is 1. The standard InChI is InChI=1S/C13H10N2O/c14-15-13-10-4-2-1-3-9(10)12-7-8(16)5-6-11(12)13/h1-7,16H,14H2. The van der Waals surface area contributed by atoms with Gasteiger partial charge in [-0.2, -0.15) is 5.10 Å². The van der Waals surface area contributed by atoms with Crippen LogP contribution in [-0.4, -0.2) is 10.8 Å². The van der Waals surface area contributed by atoms with Crippen molar-refractivity contribution in [3.63, 3.8) is 0 Å². The van der Waals surface area contributed by atoms with Crippen LogP contribution in [0.1, 0.15) is 11.1 Å². The summed E-state index contributed by atoms with van der Waals surface area (Å²) in [6, 6.07) is 13.1. The molecule has 78 valence electrons. The molecule has 0 amide bonds. The first-order chi connectivity index (χ1) is 7.81. The number of nitrogens with two attached hydrogens (primary N) is 1. The van der Waals surface area contributed by atoms with Gasteiger partial charge in [-0.15, -0.1) is 0 Å². The van der Waals surface area contributed by atoms with E-state index in [0.29, 0.717) is 0 Å². The number of aromatic hydroxyl groups is 1. The second-order valence-electron chi connectivity index (χ2n) is 3.75. The minimum Gasteiger partial charge on any atom is -0.508 e. The molecule has 1 aliphatic carbocycles. The van der Waals surface area contributed by atoms with Crippen LogP contribution in [0.4, 0.5) is 0 Å². The Morgan fingerprint density at radius 1 is 0.875 bits per heavy atom. The SMILES string of the molecule is NN=C1c2ccccc2-c2cc(O)ccc21. The molecular formula is C13H10N2O. The molecule has 3 nitrogen and oxygen atoms in total. The van der Waals surface area contributed by atoms with Crippen molar-refractivity contribution < 1.29 is 5.11 Å². The summed E-state index contributed by atoms with van der Waals surface area (Å²) in [5.41, 5.74) is 4.83. The van der Waals surface area contributed by atoms with Crippen molar-refractivity contribution >= 4 is 5.71 Å². The molecule has 0 bridgehead atoms. The van der Waals surface area contributed by atoms with E-state index >= 15 is 0 Å². The lowest BCUT2D eigenvalue weighted by Gasteiger charge is -1.99. The van der Waals surface area contributed by atoms with Crippen LogP contribution in [0.2, 0.25) is 0 Å². The number of nitrogens with zero attached hydrogens (tertiary/aromatic N) is 1. The first-order valence-electron chi connectivity index (χ1n) is 5.02. The number of benzene rings is 2. The number of phenolic OH excluding ortho intramolecular Hbond substituents is 1. The zero-order valence-corrected chi connectivity index (χ0v) is 8.51. The van der Waals surface area contributed by atoms with Crippen molar-refractivity contribution in [2.75, 3.05) is 0 Å². The molecule has 3 N–H and O–H groups in total. The first-order valence-corrected chi connectivity index (χ1v) is 5.02. The van der Waals surface area contributed by atoms with E-state index in [9.17, 15) is 5.11 Å². The molecule has 16 heavy (non-hydrogen) atoms. The fourth-order valence-electron chi connectivity index (χ4n) is 2.17. The van der Waals surface area contributed by atoms with Gasteiger partial charge in [-0.25, -0.2) is 0 Å². The molecule has 3 heteroatoms. The summed E-state index contributed by atoms with van der Waals surface area (Å²) in [6.07, 6.45) is 0. The lowest BCUT2D eigenvalue weighted by molar-refractivity contribution is 0.475. The smallest absolute Gasteiger partial charge is 0.116 e. The summed E-state index contributed by atoms with van der Waals surface area (Å²) in [7, 11) is 0. The molecule has 0 fully saturated rings. The van der Waals surface area contributed by atoms with Gasteiger partial charge >= 0.3 is 0 Å². The lowest BCUT2D eigenvalue weighted by Crippen LogP contribution is -2.01. The molecular weight excluding hydrogens is 200 g/mol. The highest BCUT2D eigenvalue weighted by Crippen LogP contribution is 2.38. The van der Waals surface area contributed by atoms with Crippen molar-refractivity contribution in [2.24, 2.45) is 10.9 Å². The topological polar surface area (TPSA) is 58.6 Å². The Morgan fingerprint density at radius 3 is 2.31 bits per heavy atom. The van der Waals surface area contributed by atoms with E-state index in [4.69, 9.17) is 5.84 Å². The van der Waals surface area contributed by atoms with E-state index in [1.165, 1.54) is 0 Å². The van der Waals surface area contributed by atoms with E-state index in [1.54, 1.807) is 12.1 Å². The highest BCUT2D eigenvalue weighted by atomic mass is 16.3. The summed E-state index contributed by atoms with van der Waals surface area (Å²) >= 11 is 0. The van der Waals surface area contributed by atoms with E-state index in [-0.39, 0.29) is 5.75 Å². The molecule has 0 atom stereocenters. The van der Waals surface area contributed by atoms with Gasteiger partial charge in [0.1, 0.15) is 5.75 Å². The maximum atomic E-state index is 9.51. The van der Waals surface area contributed by atoms with E-state index in [2.05, 4.69) is 5.10 Å². The average Bonchev–Trinajstić information content (AvgIpc) is 2.62. The van der Waals surface area contributed by atoms with Gasteiger partial charge in [0.2, 0.25) is 0 Å². The van der Waals surface area contributed by atoms with Crippen LogP contribution in [0.25, 0.3) is 11.1 Å². The molecule has 1 aliphatic rings. The number of hydrogen-bond acceptors (Lipinski definition) is 3. The predicted molar refractivity (Wildman–Crippen MR) is 63.4 cm³/mol. The Morgan fingerprint density at radius 2 is 1.56 bits per heavy atom. The zero-order chi connectivity index (χ0) is 11.1. The molecule has 2 aromatic carbocycles. The van der Waals surface area contributed by atoms with Crippen molar-refractivity contribution in [3.05, 3.63) is 53.6 Å². The third-order valence-corrected chi connectivity index (χ3v) is 2.86. The predicted octanol–water partition coefficient (Wildman–Crippen LogP) is 2.08. The Bertz CT molecular complexity index is 603. The Hall–Kier alpha value is -2.29. The van der Waals surface area contributed by atoms with Crippen LogP contribution in [0.15, 0.2) is 47.6 Å². The van der Waals surface area contributed by atoms with Crippen molar-refractivity contribution in [2.45, 2.75) is 0 Å². The minimum absolute atomic E-state index is 0.256.